The first-order valence-electron chi connectivity index (χ1n) is 8.82. The molecule has 2 nitrogen and oxygen atoms in total. The molecule has 0 aliphatic carbocycles. The van der Waals surface area contributed by atoms with Crippen LogP contribution in [0.25, 0.3) is 43.4 Å². The summed E-state index contributed by atoms with van der Waals surface area (Å²) in [7, 11) is 0. The van der Waals surface area contributed by atoms with Crippen LogP contribution in [0.2, 0.25) is 0 Å². The van der Waals surface area contributed by atoms with Crippen LogP contribution < -0.4 is 0 Å². The minimum absolute atomic E-state index is 0. The lowest BCUT2D eigenvalue weighted by molar-refractivity contribution is 0.448. The smallest absolute Gasteiger partial charge is 0.429 e. The predicted molar refractivity (Wildman–Crippen MR) is 115 cm³/mol. The highest BCUT2D eigenvalue weighted by molar-refractivity contribution is 6.16. The SMILES string of the molecule is O[B]O.c1ccc2c(-c3c4ccccc4cc4ccccc34)cccc2c1. The van der Waals surface area contributed by atoms with Crippen LogP contribution in [0.1, 0.15) is 0 Å². The lowest BCUT2D eigenvalue weighted by Crippen LogP contribution is -1.87. The summed E-state index contributed by atoms with van der Waals surface area (Å²) in [6, 6.07) is 34.9. The van der Waals surface area contributed by atoms with Crippen LogP contribution in [0.15, 0.2) is 97.1 Å². The highest BCUT2D eigenvalue weighted by Crippen LogP contribution is 2.39. The van der Waals surface area contributed by atoms with Crippen molar-refractivity contribution in [3.63, 3.8) is 0 Å². The van der Waals surface area contributed by atoms with Crippen LogP contribution in [0.4, 0.5) is 0 Å². The fourth-order valence-electron chi connectivity index (χ4n) is 3.75. The molecular weight excluding hydrogens is 331 g/mol. The maximum absolute atomic E-state index is 7.00. The number of hydrogen-bond donors (Lipinski definition) is 2. The van der Waals surface area contributed by atoms with Gasteiger partial charge < -0.3 is 10.0 Å². The van der Waals surface area contributed by atoms with E-state index in [-0.39, 0.29) is 7.69 Å². The Morgan fingerprint density at radius 2 is 0.926 bits per heavy atom. The zero-order valence-electron chi connectivity index (χ0n) is 14.7. The Balaban J connectivity index is 0.000000565. The van der Waals surface area contributed by atoms with Gasteiger partial charge in [0.05, 0.1) is 0 Å². The summed E-state index contributed by atoms with van der Waals surface area (Å²) in [4.78, 5) is 0. The second kappa shape index (κ2) is 7.62. The minimum atomic E-state index is 0. The minimum Gasteiger partial charge on any atom is -0.429 e. The second-order valence-electron chi connectivity index (χ2n) is 6.34. The second-order valence-corrected chi connectivity index (χ2v) is 6.34. The van der Waals surface area contributed by atoms with Gasteiger partial charge in [-0.2, -0.15) is 0 Å². The van der Waals surface area contributed by atoms with E-state index in [2.05, 4.69) is 97.1 Å². The van der Waals surface area contributed by atoms with Gasteiger partial charge in [0.1, 0.15) is 0 Å². The first-order chi connectivity index (χ1) is 13.3. The number of hydrogen-bond acceptors (Lipinski definition) is 2. The molecule has 0 aliphatic rings. The molecule has 0 saturated heterocycles. The van der Waals surface area contributed by atoms with Crippen molar-refractivity contribution in [2.24, 2.45) is 0 Å². The highest BCUT2D eigenvalue weighted by atomic mass is 16.4. The summed E-state index contributed by atoms with van der Waals surface area (Å²) >= 11 is 0. The third-order valence-corrected chi connectivity index (χ3v) is 4.83. The Kier molecular flexibility index (Phi) is 4.88. The zero-order valence-corrected chi connectivity index (χ0v) is 14.7. The normalized spacial score (nSPS) is 10.6. The number of fused-ring (bicyclic) bond motifs is 3. The van der Waals surface area contributed by atoms with Gasteiger partial charge in [-0.15, -0.1) is 0 Å². The predicted octanol–water partition coefficient (Wildman–Crippen LogP) is 5.32. The Morgan fingerprint density at radius 3 is 1.52 bits per heavy atom. The van der Waals surface area contributed by atoms with Gasteiger partial charge in [0.15, 0.2) is 0 Å². The molecule has 0 saturated carbocycles. The molecule has 0 spiro atoms. The Labute approximate surface area is 158 Å². The van der Waals surface area contributed by atoms with Gasteiger partial charge in [-0.1, -0.05) is 91.0 Å². The quantitative estimate of drug-likeness (QED) is 0.318. The van der Waals surface area contributed by atoms with E-state index in [1.54, 1.807) is 0 Å². The molecule has 0 fully saturated rings. The standard InChI is InChI=1S/C24H16.BH2O2/c1-4-12-20-17(8-1)11-7-15-23(20)24-21-13-5-2-9-18(21)16-19-10-3-6-14-22(19)24;2-1-3/h1-16H;2-3H. The van der Waals surface area contributed by atoms with Crippen molar-refractivity contribution in [1.82, 2.24) is 0 Å². The molecule has 0 amide bonds. The van der Waals surface area contributed by atoms with Gasteiger partial charge in [0.25, 0.3) is 0 Å². The largest absolute Gasteiger partial charge is 0.482 e. The van der Waals surface area contributed by atoms with Gasteiger partial charge in [0.2, 0.25) is 0 Å². The summed E-state index contributed by atoms with van der Waals surface area (Å²) in [5.74, 6) is 0. The van der Waals surface area contributed by atoms with E-state index < -0.39 is 0 Å². The number of benzene rings is 5. The average molecular weight is 349 g/mol. The van der Waals surface area contributed by atoms with E-state index in [0.29, 0.717) is 0 Å². The van der Waals surface area contributed by atoms with Crippen molar-refractivity contribution >= 4 is 40.0 Å². The molecular formula is C24H18BO2. The maximum atomic E-state index is 7.00. The third kappa shape index (κ3) is 3.19. The number of rotatable bonds is 1. The van der Waals surface area contributed by atoms with Crippen LogP contribution in [-0.2, 0) is 0 Å². The van der Waals surface area contributed by atoms with E-state index in [1.807, 2.05) is 0 Å². The molecule has 1 radical (unpaired) electrons. The first-order valence-corrected chi connectivity index (χ1v) is 8.82. The summed E-state index contributed by atoms with van der Waals surface area (Å²) in [6.45, 7) is 0. The van der Waals surface area contributed by atoms with E-state index in [9.17, 15) is 0 Å². The van der Waals surface area contributed by atoms with Crippen molar-refractivity contribution in [1.29, 1.82) is 0 Å². The van der Waals surface area contributed by atoms with Crippen LogP contribution in [-0.4, -0.2) is 17.7 Å². The van der Waals surface area contributed by atoms with E-state index in [0.717, 1.165) is 0 Å². The summed E-state index contributed by atoms with van der Waals surface area (Å²) in [5, 5.41) is 21.8. The highest BCUT2D eigenvalue weighted by Gasteiger charge is 2.11. The van der Waals surface area contributed by atoms with Gasteiger partial charge in [0, 0.05) is 0 Å². The Hall–Kier alpha value is -3.14. The van der Waals surface area contributed by atoms with Crippen molar-refractivity contribution in [3.05, 3.63) is 97.1 Å². The van der Waals surface area contributed by atoms with E-state index in [1.165, 1.54) is 43.4 Å². The van der Waals surface area contributed by atoms with Crippen LogP contribution >= 0.6 is 0 Å². The van der Waals surface area contributed by atoms with E-state index in [4.69, 9.17) is 10.0 Å². The van der Waals surface area contributed by atoms with Crippen LogP contribution in [0.3, 0.4) is 0 Å². The Morgan fingerprint density at radius 1 is 0.481 bits per heavy atom. The van der Waals surface area contributed by atoms with Gasteiger partial charge in [-0.25, -0.2) is 0 Å². The third-order valence-electron chi connectivity index (χ3n) is 4.83. The fourth-order valence-corrected chi connectivity index (χ4v) is 3.75. The molecule has 3 heteroatoms. The zero-order chi connectivity index (χ0) is 18.6. The van der Waals surface area contributed by atoms with E-state index >= 15 is 0 Å². The van der Waals surface area contributed by atoms with Crippen molar-refractivity contribution < 1.29 is 10.0 Å². The molecule has 5 aromatic rings. The summed E-state index contributed by atoms with van der Waals surface area (Å²) in [5.41, 5.74) is 2.64. The van der Waals surface area contributed by atoms with Gasteiger partial charge in [-0.3, -0.25) is 0 Å². The molecule has 27 heavy (non-hydrogen) atoms. The van der Waals surface area contributed by atoms with Crippen LogP contribution in [0.5, 0.6) is 0 Å². The molecule has 0 heterocycles. The van der Waals surface area contributed by atoms with Crippen molar-refractivity contribution in [2.45, 2.75) is 0 Å². The molecule has 0 aromatic heterocycles. The molecule has 0 unspecified atom stereocenters. The fraction of sp³-hybridized carbons (Fsp3) is 0. The Bertz CT molecular complexity index is 1170. The van der Waals surface area contributed by atoms with Crippen molar-refractivity contribution in [3.8, 4) is 11.1 Å². The average Bonchev–Trinajstić information content (AvgIpc) is 2.72. The topological polar surface area (TPSA) is 40.5 Å². The first kappa shape index (κ1) is 17.3. The molecule has 5 rings (SSSR count). The summed E-state index contributed by atoms with van der Waals surface area (Å²) < 4.78 is 0. The van der Waals surface area contributed by atoms with Gasteiger partial charge >= 0.3 is 7.69 Å². The molecule has 0 atom stereocenters. The summed E-state index contributed by atoms with van der Waals surface area (Å²) in [6.07, 6.45) is 0. The molecule has 5 aromatic carbocycles. The lowest BCUT2D eigenvalue weighted by Gasteiger charge is -2.14. The molecule has 129 valence electrons. The maximum Gasteiger partial charge on any atom is 0.482 e. The molecule has 0 aliphatic heterocycles. The van der Waals surface area contributed by atoms with Crippen molar-refractivity contribution in [2.75, 3.05) is 0 Å². The van der Waals surface area contributed by atoms with Gasteiger partial charge in [-0.05, 0) is 49.5 Å². The molecule has 0 bridgehead atoms. The van der Waals surface area contributed by atoms with Crippen LogP contribution in [0, 0.1) is 0 Å². The lowest BCUT2D eigenvalue weighted by atomic mass is 9.89. The molecule has 2 N–H and O–H groups in total. The monoisotopic (exact) mass is 349 g/mol.